The monoisotopic (exact) mass is 283 g/mol. The number of carbonyl (C=O) groups is 1. The van der Waals surface area contributed by atoms with Crippen molar-refractivity contribution in [2.75, 3.05) is 6.54 Å². The van der Waals surface area contributed by atoms with Gasteiger partial charge in [-0.1, -0.05) is 29.8 Å². The smallest absolute Gasteiger partial charge is 0.251 e. The maximum absolute atomic E-state index is 12.3. The molecule has 0 saturated heterocycles. The van der Waals surface area contributed by atoms with Crippen LogP contribution in [0.1, 0.15) is 32.6 Å². The van der Waals surface area contributed by atoms with Gasteiger partial charge < -0.3 is 10.4 Å². The molecule has 2 rings (SSSR count). The van der Waals surface area contributed by atoms with Crippen molar-refractivity contribution in [3.8, 4) is 5.75 Å². The Hall–Kier alpha value is -2.29. The largest absolute Gasteiger partial charge is 0.508 e. The van der Waals surface area contributed by atoms with E-state index >= 15 is 0 Å². The quantitative estimate of drug-likeness (QED) is 0.904. The molecule has 2 aromatic rings. The summed E-state index contributed by atoms with van der Waals surface area (Å²) in [6, 6.07) is 11.1. The molecule has 0 aliphatic carbocycles. The Kier molecular flexibility index (Phi) is 4.63. The van der Waals surface area contributed by atoms with E-state index in [0.29, 0.717) is 6.54 Å². The van der Waals surface area contributed by atoms with E-state index in [1.807, 2.05) is 45.0 Å². The molecule has 0 aromatic heterocycles. The fraction of sp³-hybridized carbons (Fsp3) is 0.278. The van der Waals surface area contributed by atoms with E-state index in [2.05, 4.69) is 5.32 Å². The molecule has 21 heavy (non-hydrogen) atoms. The zero-order valence-electron chi connectivity index (χ0n) is 12.7. The van der Waals surface area contributed by atoms with Gasteiger partial charge in [0.1, 0.15) is 5.75 Å². The van der Waals surface area contributed by atoms with Gasteiger partial charge in [-0.05, 0) is 56.0 Å². The van der Waals surface area contributed by atoms with Crippen LogP contribution in [0.2, 0.25) is 0 Å². The lowest BCUT2D eigenvalue weighted by atomic mass is 9.99. The summed E-state index contributed by atoms with van der Waals surface area (Å²) in [5.74, 6) is 0.234. The van der Waals surface area contributed by atoms with Crippen molar-refractivity contribution in [3.63, 3.8) is 0 Å². The SMILES string of the molecule is Cc1cc(C)c(C(=O)NCCc2ccc(O)cc2)c(C)c1. The summed E-state index contributed by atoms with van der Waals surface area (Å²) >= 11 is 0. The Bertz CT molecular complexity index is 622. The third-order valence-corrected chi connectivity index (χ3v) is 3.54. The molecule has 0 spiro atoms. The number of phenols is 1. The molecule has 0 atom stereocenters. The van der Waals surface area contributed by atoms with E-state index in [9.17, 15) is 9.90 Å². The van der Waals surface area contributed by atoms with Crippen LogP contribution < -0.4 is 5.32 Å². The minimum atomic E-state index is -0.0243. The molecule has 0 heterocycles. The maximum atomic E-state index is 12.3. The van der Waals surface area contributed by atoms with Crippen LogP contribution >= 0.6 is 0 Å². The first kappa shape index (κ1) is 15.1. The van der Waals surface area contributed by atoms with Gasteiger partial charge in [-0.2, -0.15) is 0 Å². The molecule has 0 aliphatic rings. The molecule has 2 N–H and O–H groups in total. The second-order valence-corrected chi connectivity index (χ2v) is 5.45. The van der Waals surface area contributed by atoms with Gasteiger partial charge in [-0.15, -0.1) is 0 Å². The Labute approximate surface area is 125 Å². The summed E-state index contributed by atoms with van der Waals surface area (Å²) < 4.78 is 0. The van der Waals surface area contributed by atoms with Crippen LogP contribution in [0.5, 0.6) is 5.75 Å². The molecule has 1 amide bonds. The van der Waals surface area contributed by atoms with Gasteiger partial charge in [0.2, 0.25) is 0 Å². The van der Waals surface area contributed by atoms with E-state index in [1.54, 1.807) is 12.1 Å². The minimum Gasteiger partial charge on any atom is -0.508 e. The number of aryl methyl sites for hydroxylation is 3. The lowest BCUT2D eigenvalue weighted by Crippen LogP contribution is -2.27. The third-order valence-electron chi connectivity index (χ3n) is 3.54. The molecule has 2 aromatic carbocycles. The van der Waals surface area contributed by atoms with Crippen molar-refractivity contribution >= 4 is 5.91 Å². The summed E-state index contributed by atoms with van der Waals surface area (Å²) in [6.45, 7) is 6.55. The van der Waals surface area contributed by atoms with Crippen LogP contribution in [0, 0.1) is 20.8 Å². The Morgan fingerprint density at radius 2 is 1.62 bits per heavy atom. The molecule has 3 nitrogen and oxygen atoms in total. The molecular formula is C18H21NO2. The molecule has 110 valence electrons. The standard InChI is InChI=1S/C18H21NO2/c1-12-10-13(2)17(14(3)11-12)18(21)19-9-8-15-4-6-16(20)7-5-15/h4-7,10-11,20H,8-9H2,1-3H3,(H,19,21). The predicted molar refractivity (Wildman–Crippen MR) is 84.8 cm³/mol. The second kappa shape index (κ2) is 6.44. The normalized spacial score (nSPS) is 10.4. The number of rotatable bonds is 4. The number of hydrogen-bond acceptors (Lipinski definition) is 2. The van der Waals surface area contributed by atoms with Crippen molar-refractivity contribution in [1.82, 2.24) is 5.32 Å². The van der Waals surface area contributed by atoms with Gasteiger partial charge in [0.05, 0.1) is 0 Å². The van der Waals surface area contributed by atoms with Crippen LogP contribution in [0.25, 0.3) is 0 Å². The van der Waals surface area contributed by atoms with Gasteiger partial charge in [0, 0.05) is 12.1 Å². The Morgan fingerprint density at radius 1 is 1.05 bits per heavy atom. The molecule has 0 saturated carbocycles. The topological polar surface area (TPSA) is 49.3 Å². The number of nitrogens with one attached hydrogen (secondary N) is 1. The minimum absolute atomic E-state index is 0.0243. The summed E-state index contributed by atoms with van der Waals surface area (Å²) in [5, 5.41) is 12.2. The fourth-order valence-electron chi connectivity index (χ4n) is 2.61. The first-order valence-electron chi connectivity index (χ1n) is 7.11. The summed E-state index contributed by atoms with van der Waals surface area (Å²) in [4.78, 5) is 12.3. The molecule has 0 aliphatic heterocycles. The van der Waals surface area contributed by atoms with E-state index < -0.39 is 0 Å². The first-order valence-corrected chi connectivity index (χ1v) is 7.11. The number of hydrogen-bond donors (Lipinski definition) is 2. The summed E-state index contributed by atoms with van der Waals surface area (Å²) in [7, 11) is 0. The average molecular weight is 283 g/mol. The van der Waals surface area contributed by atoms with E-state index in [0.717, 1.165) is 28.7 Å². The highest BCUT2D eigenvalue weighted by Gasteiger charge is 2.12. The van der Waals surface area contributed by atoms with Crippen molar-refractivity contribution in [3.05, 3.63) is 64.2 Å². The molecule has 0 fully saturated rings. The number of carbonyl (C=O) groups excluding carboxylic acids is 1. The summed E-state index contributed by atoms with van der Waals surface area (Å²) in [5.41, 5.74) is 5.05. The molecule has 3 heteroatoms. The second-order valence-electron chi connectivity index (χ2n) is 5.45. The lowest BCUT2D eigenvalue weighted by Gasteiger charge is -2.11. The summed E-state index contributed by atoms with van der Waals surface area (Å²) in [6.07, 6.45) is 0.746. The maximum Gasteiger partial charge on any atom is 0.251 e. The zero-order valence-corrected chi connectivity index (χ0v) is 12.7. The fourth-order valence-corrected chi connectivity index (χ4v) is 2.61. The third kappa shape index (κ3) is 3.85. The van der Waals surface area contributed by atoms with Crippen molar-refractivity contribution < 1.29 is 9.90 Å². The van der Waals surface area contributed by atoms with Gasteiger partial charge in [-0.3, -0.25) is 4.79 Å². The van der Waals surface area contributed by atoms with Crippen LogP contribution in [-0.2, 0) is 6.42 Å². The van der Waals surface area contributed by atoms with Crippen LogP contribution in [0.4, 0.5) is 0 Å². The van der Waals surface area contributed by atoms with Crippen molar-refractivity contribution in [1.29, 1.82) is 0 Å². The highest BCUT2D eigenvalue weighted by atomic mass is 16.3. The zero-order chi connectivity index (χ0) is 15.4. The van der Waals surface area contributed by atoms with Crippen LogP contribution in [-0.4, -0.2) is 17.6 Å². The molecular weight excluding hydrogens is 262 g/mol. The first-order chi connectivity index (χ1) is 9.97. The molecule has 0 bridgehead atoms. The predicted octanol–water partition coefficient (Wildman–Crippen LogP) is 3.29. The number of phenolic OH excluding ortho intramolecular Hbond substituents is 1. The van der Waals surface area contributed by atoms with E-state index in [1.165, 1.54) is 5.56 Å². The van der Waals surface area contributed by atoms with Gasteiger partial charge in [0.25, 0.3) is 5.91 Å². The van der Waals surface area contributed by atoms with E-state index in [-0.39, 0.29) is 11.7 Å². The van der Waals surface area contributed by atoms with Gasteiger partial charge >= 0.3 is 0 Å². The number of aromatic hydroxyl groups is 1. The molecule has 0 radical (unpaired) electrons. The highest BCUT2D eigenvalue weighted by Crippen LogP contribution is 2.16. The highest BCUT2D eigenvalue weighted by molar-refractivity contribution is 5.97. The number of benzene rings is 2. The van der Waals surface area contributed by atoms with Crippen LogP contribution in [0.3, 0.4) is 0 Å². The van der Waals surface area contributed by atoms with E-state index in [4.69, 9.17) is 0 Å². The lowest BCUT2D eigenvalue weighted by molar-refractivity contribution is 0.0953. The Balaban J connectivity index is 1.98. The van der Waals surface area contributed by atoms with Gasteiger partial charge in [-0.25, -0.2) is 0 Å². The number of amides is 1. The van der Waals surface area contributed by atoms with Crippen molar-refractivity contribution in [2.45, 2.75) is 27.2 Å². The van der Waals surface area contributed by atoms with Gasteiger partial charge in [0.15, 0.2) is 0 Å². The van der Waals surface area contributed by atoms with Crippen LogP contribution in [0.15, 0.2) is 36.4 Å². The average Bonchev–Trinajstić information content (AvgIpc) is 2.40. The Morgan fingerprint density at radius 3 is 2.19 bits per heavy atom. The van der Waals surface area contributed by atoms with Crippen molar-refractivity contribution in [2.24, 2.45) is 0 Å². The molecule has 0 unspecified atom stereocenters.